The van der Waals surface area contributed by atoms with Gasteiger partial charge in [0.15, 0.2) is 0 Å². The molecule has 0 N–H and O–H groups in total. The molecule has 0 aromatic heterocycles. The molecule has 1 aromatic carbocycles. The molecule has 0 unspecified atom stereocenters. The first kappa shape index (κ1) is 14.1. The van der Waals surface area contributed by atoms with Crippen molar-refractivity contribution >= 4 is 17.5 Å². The first-order valence-corrected chi connectivity index (χ1v) is 6.57. The second-order valence-corrected chi connectivity index (χ2v) is 4.70. The van der Waals surface area contributed by atoms with Gasteiger partial charge in [-0.15, -0.1) is 11.6 Å². The number of alkyl halides is 3. The maximum atomic E-state index is 12.3. The Morgan fingerprint density at radius 3 is 2.79 bits per heavy atom. The number of halogens is 3. The number of amides is 1. The smallest absolute Gasteiger partial charge is 0.387 e. The Morgan fingerprint density at radius 2 is 2.21 bits per heavy atom. The van der Waals surface area contributed by atoms with Crippen molar-refractivity contribution in [3.05, 3.63) is 29.8 Å². The highest BCUT2D eigenvalue weighted by Gasteiger charge is 2.32. The molecule has 3 nitrogen and oxygen atoms in total. The van der Waals surface area contributed by atoms with Gasteiger partial charge in [-0.1, -0.05) is 6.07 Å². The Bertz CT molecular complexity index is 452. The molecule has 0 heterocycles. The summed E-state index contributed by atoms with van der Waals surface area (Å²) in [6.45, 7) is -2.43. The van der Waals surface area contributed by atoms with Crippen molar-refractivity contribution < 1.29 is 18.3 Å². The minimum atomic E-state index is -2.90. The van der Waals surface area contributed by atoms with Gasteiger partial charge in [0.25, 0.3) is 5.91 Å². The average Bonchev–Trinajstić information content (AvgIpc) is 3.19. The minimum absolute atomic E-state index is 0.0116. The van der Waals surface area contributed by atoms with Crippen LogP contribution in [0.3, 0.4) is 0 Å². The van der Waals surface area contributed by atoms with E-state index in [1.54, 1.807) is 11.0 Å². The third kappa shape index (κ3) is 3.80. The first-order chi connectivity index (χ1) is 9.11. The zero-order valence-corrected chi connectivity index (χ0v) is 10.9. The third-order valence-corrected chi connectivity index (χ3v) is 3.05. The molecule has 1 aliphatic carbocycles. The highest BCUT2D eigenvalue weighted by atomic mass is 35.5. The third-order valence-electron chi connectivity index (χ3n) is 2.88. The molecule has 19 heavy (non-hydrogen) atoms. The molecule has 0 bridgehead atoms. The highest BCUT2D eigenvalue weighted by Crippen LogP contribution is 2.28. The van der Waals surface area contributed by atoms with Crippen molar-refractivity contribution in [2.24, 2.45) is 0 Å². The number of carbonyl (C=O) groups is 1. The lowest BCUT2D eigenvalue weighted by atomic mass is 10.2. The summed E-state index contributed by atoms with van der Waals surface area (Å²) in [5.41, 5.74) is 0.343. The van der Waals surface area contributed by atoms with Crippen molar-refractivity contribution in [3.8, 4) is 5.75 Å². The van der Waals surface area contributed by atoms with Crippen LogP contribution in [-0.4, -0.2) is 35.9 Å². The van der Waals surface area contributed by atoms with Crippen LogP contribution in [0.2, 0.25) is 0 Å². The van der Waals surface area contributed by atoms with E-state index in [4.69, 9.17) is 11.6 Å². The van der Waals surface area contributed by atoms with Crippen molar-refractivity contribution in [1.82, 2.24) is 4.90 Å². The molecule has 0 saturated heterocycles. The minimum Gasteiger partial charge on any atom is -0.435 e. The summed E-state index contributed by atoms with van der Waals surface area (Å²) < 4.78 is 28.6. The summed E-state index contributed by atoms with van der Waals surface area (Å²) in [7, 11) is 0. The number of ether oxygens (including phenoxy) is 1. The van der Waals surface area contributed by atoms with Gasteiger partial charge >= 0.3 is 6.61 Å². The van der Waals surface area contributed by atoms with E-state index < -0.39 is 6.61 Å². The monoisotopic (exact) mass is 289 g/mol. The summed E-state index contributed by atoms with van der Waals surface area (Å²) in [4.78, 5) is 14.0. The largest absolute Gasteiger partial charge is 0.435 e. The molecule has 0 radical (unpaired) electrons. The Hall–Kier alpha value is -1.36. The van der Waals surface area contributed by atoms with Crippen molar-refractivity contribution in [2.45, 2.75) is 25.5 Å². The molecule has 6 heteroatoms. The number of benzene rings is 1. The molecule has 0 spiro atoms. The van der Waals surface area contributed by atoms with E-state index in [0.717, 1.165) is 12.8 Å². The van der Waals surface area contributed by atoms with Crippen LogP contribution in [0.4, 0.5) is 8.78 Å². The van der Waals surface area contributed by atoms with Gasteiger partial charge in [0.05, 0.1) is 0 Å². The zero-order valence-electron chi connectivity index (χ0n) is 10.2. The summed E-state index contributed by atoms with van der Waals surface area (Å²) >= 11 is 5.68. The van der Waals surface area contributed by atoms with E-state index in [-0.39, 0.29) is 17.7 Å². The van der Waals surface area contributed by atoms with E-state index in [0.29, 0.717) is 18.0 Å². The highest BCUT2D eigenvalue weighted by molar-refractivity contribution is 6.18. The molecule has 2 rings (SSSR count). The Morgan fingerprint density at radius 1 is 1.47 bits per heavy atom. The molecular formula is C13H14ClF2NO2. The fourth-order valence-corrected chi connectivity index (χ4v) is 2.08. The number of carbonyl (C=O) groups excluding carboxylic acids is 1. The molecule has 1 amide bonds. The predicted octanol–water partition coefficient (Wildman–Crippen LogP) is 3.13. The normalized spacial score (nSPS) is 14.5. The summed E-state index contributed by atoms with van der Waals surface area (Å²) in [5, 5.41) is 0. The van der Waals surface area contributed by atoms with Crippen LogP contribution < -0.4 is 4.74 Å². The van der Waals surface area contributed by atoms with Crippen LogP contribution in [0.5, 0.6) is 5.75 Å². The SMILES string of the molecule is O=C(c1cccc(OC(F)F)c1)N(CCCl)C1CC1. The van der Waals surface area contributed by atoms with Crippen molar-refractivity contribution in [1.29, 1.82) is 0 Å². The average molecular weight is 290 g/mol. The van der Waals surface area contributed by atoms with Crippen LogP contribution in [-0.2, 0) is 0 Å². The van der Waals surface area contributed by atoms with Crippen LogP contribution >= 0.6 is 11.6 Å². The number of nitrogens with zero attached hydrogens (tertiary/aromatic N) is 1. The van der Waals surface area contributed by atoms with Gasteiger partial charge in [0, 0.05) is 24.0 Å². The van der Waals surface area contributed by atoms with E-state index in [1.165, 1.54) is 18.2 Å². The predicted molar refractivity (Wildman–Crippen MR) is 67.9 cm³/mol. The van der Waals surface area contributed by atoms with Gasteiger partial charge in [-0.25, -0.2) is 0 Å². The molecule has 1 aromatic rings. The van der Waals surface area contributed by atoms with Crippen LogP contribution in [0, 0.1) is 0 Å². The van der Waals surface area contributed by atoms with Gasteiger partial charge < -0.3 is 9.64 Å². The van der Waals surface area contributed by atoms with Gasteiger partial charge in [-0.05, 0) is 31.0 Å². The lowest BCUT2D eigenvalue weighted by molar-refractivity contribution is -0.0499. The summed E-state index contributed by atoms with van der Waals surface area (Å²) in [6.07, 6.45) is 1.94. The van der Waals surface area contributed by atoms with E-state index in [9.17, 15) is 13.6 Å². The summed E-state index contributed by atoms with van der Waals surface area (Å²) in [5.74, 6) is 0.153. The van der Waals surface area contributed by atoms with Crippen LogP contribution in [0.25, 0.3) is 0 Å². The van der Waals surface area contributed by atoms with Crippen LogP contribution in [0.1, 0.15) is 23.2 Å². The number of hydrogen-bond acceptors (Lipinski definition) is 2. The molecule has 0 atom stereocenters. The lowest BCUT2D eigenvalue weighted by Gasteiger charge is -2.21. The van der Waals surface area contributed by atoms with Gasteiger partial charge in [-0.3, -0.25) is 4.79 Å². The van der Waals surface area contributed by atoms with Crippen LogP contribution in [0.15, 0.2) is 24.3 Å². The molecule has 1 saturated carbocycles. The van der Waals surface area contributed by atoms with E-state index in [1.807, 2.05) is 0 Å². The maximum absolute atomic E-state index is 12.3. The zero-order chi connectivity index (χ0) is 13.8. The number of hydrogen-bond donors (Lipinski definition) is 0. The lowest BCUT2D eigenvalue weighted by Crippen LogP contribution is -2.34. The van der Waals surface area contributed by atoms with Gasteiger partial charge in [0.2, 0.25) is 0 Å². The van der Waals surface area contributed by atoms with Gasteiger partial charge in [0.1, 0.15) is 5.75 Å². The Balaban J connectivity index is 2.12. The Labute approximate surface area is 115 Å². The van der Waals surface area contributed by atoms with Crippen molar-refractivity contribution in [2.75, 3.05) is 12.4 Å². The standard InChI is InChI=1S/C13H14ClF2NO2/c14-6-7-17(10-4-5-10)12(18)9-2-1-3-11(8-9)19-13(15)16/h1-3,8,10,13H,4-7H2. The fraction of sp³-hybridized carbons (Fsp3) is 0.462. The van der Waals surface area contributed by atoms with E-state index >= 15 is 0 Å². The topological polar surface area (TPSA) is 29.5 Å². The quantitative estimate of drug-likeness (QED) is 0.753. The van der Waals surface area contributed by atoms with Crippen molar-refractivity contribution in [3.63, 3.8) is 0 Å². The second kappa shape index (κ2) is 6.19. The number of rotatable bonds is 6. The maximum Gasteiger partial charge on any atom is 0.387 e. The van der Waals surface area contributed by atoms with Gasteiger partial charge in [-0.2, -0.15) is 8.78 Å². The molecule has 1 fully saturated rings. The molecule has 104 valence electrons. The molecule has 0 aliphatic heterocycles. The second-order valence-electron chi connectivity index (χ2n) is 4.33. The summed E-state index contributed by atoms with van der Waals surface area (Å²) in [6, 6.07) is 6.07. The first-order valence-electron chi connectivity index (χ1n) is 6.03. The van der Waals surface area contributed by atoms with E-state index in [2.05, 4.69) is 4.74 Å². The molecular weight excluding hydrogens is 276 g/mol. The fourth-order valence-electron chi connectivity index (χ4n) is 1.90. The molecule has 1 aliphatic rings. The Kier molecular flexibility index (Phi) is 4.58.